The molecule has 1 saturated heterocycles. The van der Waals surface area contributed by atoms with E-state index in [1.165, 1.54) is 0 Å². The number of benzene rings is 3. The summed E-state index contributed by atoms with van der Waals surface area (Å²) in [7, 11) is 0. The first kappa shape index (κ1) is 23.5. The molecule has 0 saturated carbocycles. The van der Waals surface area contributed by atoms with Crippen molar-refractivity contribution < 1.29 is 24.2 Å². The van der Waals surface area contributed by atoms with Crippen LogP contribution in [-0.4, -0.2) is 32.7 Å². The Hall–Kier alpha value is -3.62. The summed E-state index contributed by atoms with van der Waals surface area (Å²) >= 11 is 6.25. The van der Waals surface area contributed by atoms with Gasteiger partial charge in [-0.25, -0.2) is 0 Å². The SMILES string of the molecule is O=C(O)CN1C(=O)/C(=C/c2ccc(OCc3ccccc3)c(OCc3ccccc3)c2)SC1=S. The highest BCUT2D eigenvalue weighted by Gasteiger charge is 2.33. The van der Waals surface area contributed by atoms with E-state index in [4.69, 9.17) is 26.8 Å². The second-order valence-corrected chi connectivity index (χ2v) is 9.09. The van der Waals surface area contributed by atoms with Gasteiger partial charge in [-0.15, -0.1) is 0 Å². The molecule has 8 heteroatoms. The lowest BCUT2D eigenvalue weighted by atomic mass is 10.1. The molecular formula is C26H21NO5S2. The molecule has 0 radical (unpaired) electrons. The van der Waals surface area contributed by atoms with Gasteiger partial charge in [0.05, 0.1) is 4.91 Å². The van der Waals surface area contributed by atoms with E-state index >= 15 is 0 Å². The van der Waals surface area contributed by atoms with Crippen LogP contribution in [0.5, 0.6) is 11.5 Å². The number of ether oxygens (including phenoxy) is 2. The van der Waals surface area contributed by atoms with Crippen LogP contribution >= 0.6 is 24.0 Å². The minimum atomic E-state index is -1.12. The number of rotatable bonds is 9. The first-order valence-corrected chi connectivity index (χ1v) is 11.7. The third-order valence-corrected chi connectivity index (χ3v) is 6.28. The quantitative estimate of drug-likeness (QED) is 0.328. The summed E-state index contributed by atoms with van der Waals surface area (Å²) in [5.41, 5.74) is 2.75. The van der Waals surface area contributed by atoms with E-state index < -0.39 is 18.4 Å². The zero-order valence-electron chi connectivity index (χ0n) is 18.0. The summed E-state index contributed by atoms with van der Waals surface area (Å²) in [5.74, 6) is -0.424. The Morgan fingerprint density at radius 1 is 0.912 bits per heavy atom. The number of amides is 1. The second kappa shape index (κ2) is 11.0. The third kappa shape index (κ3) is 6.03. The number of thiocarbonyl (C=S) groups is 1. The van der Waals surface area contributed by atoms with Gasteiger partial charge in [0.2, 0.25) is 0 Å². The average Bonchev–Trinajstić information content (AvgIpc) is 3.10. The number of nitrogens with zero attached hydrogens (tertiary/aromatic N) is 1. The molecule has 4 rings (SSSR count). The Balaban J connectivity index is 1.57. The van der Waals surface area contributed by atoms with Crippen LogP contribution in [0.4, 0.5) is 0 Å². The van der Waals surface area contributed by atoms with Crippen molar-refractivity contribution >= 4 is 46.3 Å². The maximum absolute atomic E-state index is 12.6. The van der Waals surface area contributed by atoms with E-state index in [2.05, 4.69) is 0 Å². The lowest BCUT2D eigenvalue weighted by molar-refractivity contribution is -0.140. The van der Waals surface area contributed by atoms with Gasteiger partial charge in [0.15, 0.2) is 11.5 Å². The van der Waals surface area contributed by atoms with Crippen molar-refractivity contribution in [2.24, 2.45) is 0 Å². The molecule has 1 amide bonds. The maximum Gasteiger partial charge on any atom is 0.323 e. The van der Waals surface area contributed by atoms with E-state index in [0.29, 0.717) is 35.2 Å². The molecule has 3 aromatic rings. The van der Waals surface area contributed by atoms with Gasteiger partial charge in [0.1, 0.15) is 24.1 Å². The average molecular weight is 492 g/mol. The first-order valence-electron chi connectivity index (χ1n) is 10.4. The molecule has 1 heterocycles. The van der Waals surface area contributed by atoms with Crippen molar-refractivity contribution in [3.8, 4) is 11.5 Å². The fourth-order valence-electron chi connectivity index (χ4n) is 3.24. The van der Waals surface area contributed by atoms with Crippen molar-refractivity contribution in [2.75, 3.05) is 6.54 Å². The van der Waals surface area contributed by atoms with E-state index in [-0.39, 0.29) is 4.32 Å². The van der Waals surface area contributed by atoms with Crippen molar-refractivity contribution in [3.05, 3.63) is 100 Å². The largest absolute Gasteiger partial charge is 0.485 e. The Morgan fingerprint density at radius 2 is 1.50 bits per heavy atom. The minimum absolute atomic E-state index is 0.224. The Morgan fingerprint density at radius 3 is 2.09 bits per heavy atom. The van der Waals surface area contributed by atoms with Gasteiger partial charge < -0.3 is 14.6 Å². The smallest absolute Gasteiger partial charge is 0.323 e. The molecule has 0 aliphatic carbocycles. The number of hydrogen-bond acceptors (Lipinski definition) is 6. The maximum atomic E-state index is 12.6. The molecule has 172 valence electrons. The van der Waals surface area contributed by atoms with Crippen molar-refractivity contribution in [1.82, 2.24) is 4.90 Å². The van der Waals surface area contributed by atoms with Crippen molar-refractivity contribution in [1.29, 1.82) is 0 Å². The molecule has 1 N–H and O–H groups in total. The third-order valence-electron chi connectivity index (χ3n) is 4.91. The summed E-state index contributed by atoms with van der Waals surface area (Å²) < 4.78 is 12.3. The van der Waals surface area contributed by atoms with Gasteiger partial charge in [-0.3, -0.25) is 14.5 Å². The van der Waals surface area contributed by atoms with E-state index in [1.54, 1.807) is 18.2 Å². The van der Waals surface area contributed by atoms with Crippen LogP contribution < -0.4 is 9.47 Å². The number of thioether (sulfide) groups is 1. The molecule has 0 unspecified atom stereocenters. The van der Waals surface area contributed by atoms with Gasteiger partial charge in [0.25, 0.3) is 5.91 Å². The molecule has 0 spiro atoms. The fraction of sp³-hybridized carbons (Fsp3) is 0.115. The van der Waals surface area contributed by atoms with Gasteiger partial charge >= 0.3 is 5.97 Å². The van der Waals surface area contributed by atoms with Crippen LogP contribution in [0.3, 0.4) is 0 Å². The van der Waals surface area contributed by atoms with Crippen LogP contribution in [0.25, 0.3) is 6.08 Å². The monoisotopic (exact) mass is 491 g/mol. The molecule has 0 aromatic heterocycles. The summed E-state index contributed by atoms with van der Waals surface area (Å²) in [6, 6.07) is 25.0. The van der Waals surface area contributed by atoms with Gasteiger partial charge in [-0.2, -0.15) is 0 Å². The normalized spacial score (nSPS) is 14.5. The van der Waals surface area contributed by atoms with Crippen molar-refractivity contribution in [3.63, 3.8) is 0 Å². The number of hydrogen-bond donors (Lipinski definition) is 1. The zero-order chi connectivity index (χ0) is 23.9. The number of carbonyl (C=O) groups is 2. The van der Waals surface area contributed by atoms with E-state index in [9.17, 15) is 9.59 Å². The van der Waals surface area contributed by atoms with E-state index in [0.717, 1.165) is 27.8 Å². The topological polar surface area (TPSA) is 76.1 Å². The molecule has 6 nitrogen and oxygen atoms in total. The van der Waals surface area contributed by atoms with Crippen LogP contribution in [0.1, 0.15) is 16.7 Å². The molecule has 1 aliphatic heterocycles. The van der Waals surface area contributed by atoms with Crippen LogP contribution in [0.15, 0.2) is 83.8 Å². The molecule has 1 fully saturated rings. The number of carboxylic acids is 1. The van der Waals surface area contributed by atoms with E-state index in [1.807, 2.05) is 66.7 Å². The summed E-state index contributed by atoms with van der Waals surface area (Å²) in [4.78, 5) is 25.1. The Bertz CT molecular complexity index is 1230. The summed E-state index contributed by atoms with van der Waals surface area (Å²) in [6.45, 7) is 0.280. The van der Waals surface area contributed by atoms with Crippen LogP contribution in [0.2, 0.25) is 0 Å². The van der Waals surface area contributed by atoms with Crippen molar-refractivity contribution in [2.45, 2.75) is 13.2 Å². The van der Waals surface area contributed by atoms with Gasteiger partial charge in [-0.05, 0) is 34.9 Å². The molecular weight excluding hydrogens is 470 g/mol. The zero-order valence-corrected chi connectivity index (χ0v) is 19.7. The number of carboxylic acid groups (broad SMARTS) is 1. The highest BCUT2D eigenvalue weighted by atomic mass is 32.2. The highest BCUT2D eigenvalue weighted by Crippen LogP contribution is 2.35. The fourth-order valence-corrected chi connectivity index (χ4v) is 4.50. The lowest BCUT2D eigenvalue weighted by Crippen LogP contribution is -2.33. The molecule has 34 heavy (non-hydrogen) atoms. The van der Waals surface area contributed by atoms with Gasteiger partial charge in [-0.1, -0.05) is 90.7 Å². The Kier molecular flexibility index (Phi) is 7.61. The summed E-state index contributed by atoms with van der Waals surface area (Å²) in [6.07, 6.45) is 1.68. The van der Waals surface area contributed by atoms with Gasteiger partial charge in [0, 0.05) is 0 Å². The molecule has 0 atom stereocenters. The van der Waals surface area contributed by atoms with Crippen LogP contribution in [-0.2, 0) is 22.8 Å². The standard InChI is InChI=1S/C26H21NO5S2/c28-24(29)15-27-25(30)23(34-26(27)33)14-20-11-12-21(31-16-18-7-3-1-4-8-18)22(13-20)32-17-19-9-5-2-6-10-19/h1-14H,15-17H2,(H,28,29)/b23-14-. The number of aliphatic carboxylic acids is 1. The number of carbonyl (C=O) groups excluding carboxylic acids is 1. The predicted octanol–water partition coefficient (Wildman–Crippen LogP) is 5.13. The Labute approximate surface area is 206 Å². The molecule has 1 aliphatic rings. The molecule has 0 bridgehead atoms. The first-order chi connectivity index (χ1) is 16.5. The van der Waals surface area contributed by atoms with Crippen LogP contribution in [0, 0.1) is 0 Å². The summed E-state index contributed by atoms with van der Waals surface area (Å²) in [5, 5.41) is 9.03. The predicted molar refractivity (Wildman–Crippen MR) is 136 cm³/mol. The minimum Gasteiger partial charge on any atom is -0.485 e. The molecule has 3 aromatic carbocycles. The lowest BCUT2D eigenvalue weighted by Gasteiger charge is -2.14. The second-order valence-electron chi connectivity index (χ2n) is 7.42. The highest BCUT2D eigenvalue weighted by molar-refractivity contribution is 8.26.